The van der Waals surface area contributed by atoms with Crippen LogP contribution in [0.4, 0.5) is 26.2 Å². The Morgan fingerprint density at radius 2 is 1.45 bits per heavy atom. The molecule has 4 amide bonds. The zero-order valence-corrected chi connectivity index (χ0v) is 22.7. The molecular formula is C30H34FN5O4. The summed E-state index contributed by atoms with van der Waals surface area (Å²) in [6.45, 7) is 4.75. The Hall–Kier alpha value is -4.60. The van der Waals surface area contributed by atoms with Gasteiger partial charge in [0.15, 0.2) is 0 Å². The summed E-state index contributed by atoms with van der Waals surface area (Å²) in [5.41, 5.74) is 2.66. The number of hydrogen-bond donors (Lipinski definition) is 2. The summed E-state index contributed by atoms with van der Waals surface area (Å²) in [5.74, 6) is -0.318. The van der Waals surface area contributed by atoms with Crippen molar-refractivity contribution in [1.29, 1.82) is 0 Å². The van der Waals surface area contributed by atoms with Crippen LogP contribution in [0, 0.1) is 5.82 Å². The average Bonchev–Trinajstić information content (AvgIpc) is 2.98. The van der Waals surface area contributed by atoms with Gasteiger partial charge in [-0.3, -0.25) is 9.59 Å². The van der Waals surface area contributed by atoms with Gasteiger partial charge in [-0.05, 0) is 79.2 Å². The summed E-state index contributed by atoms with van der Waals surface area (Å²) in [4.78, 5) is 43.6. The first kappa shape index (κ1) is 28.4. The first-order chi connectivity index (χ1) is 19.4. The second kappa shape index (κ2) is 13.5. The van der Waals surface area contributed by atoms with Gasteiger partial charge < -0.3 is 30.1 Å². The smallest absolute Gasteiger partial charge is 0.321 e. The third-order valence-electron chi connectivity index (χ3n) is 6.63. The molecule has 40 heavy (non-hydrogen) atoms. The number of piperazine rings is 1. The van der Waals surface area contributed by atoms with E-state index in [1.54, 1.807) is 36.3 Å². The molecule has 0 bridgehead atoms. The normalized spacial score (nSPS) is 13.0. The lowest BCUT2D eigenvalue weighted by molar-refractivity contribution is -0.116. The predicted octanol–water partition coefficient (Wildman–Crippen LogP) is 4.68. The van der Waals surface area contributed by atoms with Crippen LogP contribution in [0.5, 0.6) is 5.75 Å². The quantitative estimate of drug-likeness (QED) is 0.406. The summed E-state index contributed by atoms with van der Waals surface area (Å²) in [5, 5.41) is 5.76. The lowest BCUT2D eigenvalue weighted by Gasteiger charge is -2.36. The molecule has 0 aliphatic carbocycles. The zero-order valence-electron chi connectivity index (χ0n) is 22.7. The largest absolute Gasteiger partial charge is 0.497 e. The fraction of sp³-hybridized carbons (Fsp3) is 0.300. The number of carbonyl (C=O) groups excluding carboxylic acids is 3. The highest BCUT2D eigenvalue weighted by molar-refractivity contribution is 5.99. The number of amides is 4. The minimum Gasteiger partial charge on any atom is -0.497 e. The van der Waals surface area contributed by atoms with E-state index >= 15 is 0 Å². The van der Waals surface area contributed by atoms with Crippen LogP contribution in [0.25, 0.3) is 0 Å². The molecule has 3 aromatic carbocycles. The van der Waals surface area contributed by atoms with E-state index in [9.17, 15) is 18.8 Å². The molecule has 9 nitrogen and oxygen atoms in total. The van der Waals surface area contributed by atoms with Gasteiger partial charge in [-0.15, -0.1) is 0 Å². The number of nitrogens with one attached hydrogen (secondary N) is 2. The number of nitrogens with zero attached hydrogens (tertiary/aromatic N) is 3. The molecule has 1 saturated heterocycles. The molecule has 0 atom stereocenters. The van der Waals surface area contributed by atoms with Crippen molar-refractivity contribution in [3.05, 3.63) is 84.2 Å². The van der Waals surface area contributed by atoms with E-state index < -0.39 is 5.82 Å². The molecule has 0 aromatic heterocycles. The molecule has 3 aromatic rings. The van der Waals surface area contributed by atoms with E-state index in [0.717, 1.165) is 11.4 Å². The van der Waals surface area contributed by atoms with Crippen molar-refractivity contribution in [2.75, 3.05) is 61.9 Å². The Morgan fingerprint density at radius 3 is 2.05 bits per heavy atom. The summed E-state index contributed by atoms with van der Waals surface area (Å²) < 4.78 is 18.4. The van der Waals surface area contributed by atoms with Crippen molar-refractivity contribution in [1.82, 2.24) is 9.80 Å². The van der Waals surface area contributed by atoms with Crippen molar-refractivity contribution in [2.24, 2.45) is 0 Å². The maximum absolute atomic E-state index is 13.2. The maximum atomic E-state index is 13.2. The highest BCUT2D eigenvalue weighted by Crippen LogP contribution is 2.21. The Morgan fingerprint density at radius 1 is 0.850 bits per heavy atom. The highest BCUT2D eigenvalue weighted by Gasteiger charge is 2.22. The molecule has 210 valence electrons. The number of carbonyl (C=O) groups is 3. The summed E-state index contributed by atoms with van der Waals surface area (Å²) in [7, 11) is 1.60. The Kier molecular flexibility index (Phi) is 9.56. The number of halogens is 1. The maximum Gasteiger partial charge on any atom is 0.321 e. The van der Waals surface area contributed by atoms with Crippen molar-refractivity contribution in [3.8, 4) is 5.75 Å². The number of methoxy groups -OCH3 is 1. The van der Waals surface area contributed by atoms with E-state index in [4.69, 9.17) is 4.74 Å². The molecule has 1 heterocycles. The lowest BCUT2D eigenvalue weighted by Crippen LogP contribution is -2.50. The third kappa shape index (κ3) is 7.49. The van der Waals surface area contributed by atoms with Crippen LogP contribution < -0.4 is 20.3 Å². The van der Waals surface area contributed by atoms with Gasteiger partial charge in [0.1, 0.15) is 18.1 Å². The van der Waals surface area contributed by atoms with Crippen LogP contribution in [0.15, 0.2) is 72.8 Å². The number of anilines is 3. The Balaban J connectivity index is 1.26. The van der Waals surface area contributed by atoms with Gasteiger partial charge in [-0.1, -0.05) is 6.92 Å². The van der Waals surface area contributed by atoms with Crippen molar-refractivity contribution >= 4 is 34.9 Å². The molecule has 0 spiro atoms. The lowest BCUT2D eigenvalue weighted by atomic mass is 10.2. The number of benzene rings is 3. The average molecular weight is 548 g/mol. The van der Waals surface area contributed by atoms with Gasteiger partial charge in [0, 0.05) is 55.3 Å². The van der Waals surface area contributed by atoms with Gasteiger partial charge in [0.05, 0.1) is 7.11 Å². The number of rotatable bonds is 9. The van der Waals surface area contributed by atoms with Gasteiger partial charge in [0.2, 0.25) is 5.91 Å². The van der Waals surface area contributed by atoms with Crippen LogP contribution >= 0.6 is 0 Å². The molecule has 0 saturated carbocycles. The molecule has 2 N–H and O–H groups in total. The van der Waals surface area contributed by atoms with E-state index in [0.29, 0.717) is 56.1 Å². The third-order valence-corrected chi connectivity index (χ3v) is 6.63. The van der Waals surface area contributed by atoms with Gasteiger partial charge in [-0.25, -0.2) is 9.18 Å². The molecule has 1 aliphatic rings. The van der Waals surface area contributed by atoms with Crippen LogP contribution in [-0.4, -0.2) is 74.0 Å². The van der Waals surface area contributed by atoms with E-state index in [-0.39, 0.29) is 24.4 Å². The molecule has 10 heteroatoms. The van der Waals surface area contributed by atoms with Crippen molar-refractivity contribution in [2.45, 2.75) is 13.3 Å². The molecular weight excluding hydrogens is 513 g/mol. The molecule has 1 fully saturated rings. The highest BCUT2D eigenvalue weighted by atomic mass is 19.1. The fourth-order valence-corrected chi connectivity index (χ4v) is 4.47. The zero-order chi connectivity index (χ0) is 28.5. The fourth-order valence-electron chi connectivity index (χ4n) is 4.47. The van der Waals surface area contributed by atoms with E-state index in [1.807, 2.05) is 31.2 Å². The number of urea groups is 1. The SMILES string of the molecule is CCCN(CC(=O)Nc1ccc(N2CCN(C(=O)Nc3ccc(OC)cc3)CC2)cc1)C(=O)c1ccc(F)cc1. The first-order valence-corrected chi connectivity index (χ1v) is 13.3. The molecule has 0 unspecified atom stereocenters. The Labute approximate surface area is 233 Å². The minimum absolute atomic E-state index is 0.105. The van der Waals surface area contributed by atoms with Crippen LogP contribution in [0.3, 0.4) is 0 Å². The first-order valence-electron chi connectivity index (χ1n) is 13.3. The summed E-state index contributed by atoms with van der Waals surface area (Å²) in [6.07, 6.45) is 0.686. The van der Waals surface area contributed by atoms with Crippen molar-refractivity contribution < 1.29 is 23.5 Å². The second-order valence-electron chi connectivity index (χ2n) is 9.46. The minimum atomic E-state index is -0.420. The van der Waals surface area contributed by atoms with E-state index in [1.165, 1.54) is 29.2 Å². The van der Waals surface area contributed by atoms with Gasteiger partial charge in [-0.2, -0.15) is 0 Å². The number of ether oxygens (including phenoxy) is 1. The van der Waals surface area contributed by atoms with Gasteiger partial charge >= 0.3 is 6.03 Å². The molecule has 4 rings (SSSR count). The van der Waals surface area contributed by atoms with Crippen LogP contribution in [-0.2, 0) is 4.79 Å². The van der Waals surface area contributed by atoms with Crippen molar-refractivity contribution in [3.63, 3.8) is 0 Å². The standard InChI is InChI=1S/C30H34FN5O4/c1-3-16-36(29(38)22-4-6-23(31)7-5-22)21-28(37)32-24-8-12-26(13-9-24)34-17-19-35(20-18-34)30(39)33-25-10-14-27(40-2)15-11-25/h4-15H,3,16-21H2,1-2H3,(H,32,37)(H,33,39). The second-order valence-corrected chi connectivity index (χ2v) is 9.46. The number of hydrogen-bond acceptors (Lipinski definition) is 5. The van der Waals surface area contributed by atoms with Crippen LogP contribution in [0.2, 0.25) is 0 Å². The molecule has 0 radical (unpaired) electrons. The topological polar surface area (TPSA) is 94.2 Å². The monoisotopic (exact) mass is 547 g/mol. The summed E-state index contributed by atoms with van der Waals surface area (Å²) in [6, 6.07) is 19.9. The van der Waals surface area contributed by atoms with E-state index in [2.05, 4.69) is 15.5 Å². The molecule has 1 aliphatic heterocycles. The predicted molar refractivity (Wildman–Crippen MR) is 153 cm³/mol. The Bertz CT molecular complexity index is 1290. The van der Waals surface area contributed by atoms with Gasteiger partial charge in [0.25, 0.3) is 5.91 Å². The van der Waals surface area contributed by atoms with Crippen LogP contribution in [0.1, 0.15) is 23.7 Å². The summed E-state index contributed by atoms with van der Waals surface area (Å²) >= 11 is 0.